The molecule has 3 saturated carbocycles. The Hall–Kier alpha value is -0.585. The van der Waals surface area contributed by atoms with Crippen LogP contribution in [-0.2, 0) is 14.1 Å². The highest BCUT2D eigenvalue weighted by Gasteiger charge is 2.67. The number of nitrogens with zero attached hydrogens (tertiary/aromatic N) is 1. The third kappa shape index (κ3) is 2.22. The lowest BCUT2D eigenvalue weighted by molar-refractivity contribution is -0.185. The fraction of sp³-hybridized carbons (Fsp3) is 0.944. The molecule has 0 aromatic heterocycles. The Labute approximate surface area is 145 Å². The summed E-state index contributed by atoms with van der Waals surface area (Å²) in [6.45, 7) is 9.69. The van der Waals surface area contributed by atoms with Gasteiger partial charge >= 0.3 is 7.12 Å². The van der Waals surface area contributed by atoms with Gasteiger partial charge < -0.3 is 19.9 Å². The molecule has 5 fully saturated rings. The van der Waals surface area contributed by atoms with Gasteiger partial charge in [0.15, 0.2) is 0 Å². The summed E-state index contributed by atoms with van der Waals surface area (Å²) in [6.07, 6.45) is 5.14. The zero-order valence-electron chi connectivity index (χ0n) is 15.5. The number of likely N-dealkylation sites (tertiary alicyclic amines) is 1. The molecule has 0 aromatic rings. The van der Waals surface area contributed by atoms with Crippen LogP contribution in [-0.4, -0.2) is 48.2 Å². The molecule has 1 amide bonds. The van der Waals surface area contributed by atoms with Crippen molar-refractivity contribution in [3.05, 3.63) is 0 Å². The summed E-state index contributed by atoms with van der Waals surface area (Å²) in [5.41, 5.74) is 6.17. The Kier molecular flexibility index (Phi) is 3.83. The van der Waals surface area contributed by atoms with E-state index in [9.17, 15) is 4.79 Å². The molecule has 0 aromatic carbocycles. The highest BCUT2D eigenvalue weighted by molar-refractivity contribution is 6.48. The quantitative estimate of drug-likeness (QED) is 0.802. The smallest absolute Gasteiger partial charge is 0.404 e. The van der Waals surface area contributed by atoms with Crippen LogP contribution in [0.3, 0.4) is 0 Å². The maximum Gasteiger partial charge on any atom is 0.481 e. The van der Waals surface area contributed by atoms with Crippen molar-refractivity contribution < 1.29 is 14.1 Å². The van der Waals surface area contributed by atoms with Crippen LogP contribution >= 0.6 is 0 Å². The zero-order valence-corrected chi connectivity index (χ0v) is 15.5. The monoisotopic (exact) mass is 334 g/mol. The van der Waals surface area contributed by atoms with Crippen molar-refractivity contribution in [1.29, 1.82) is 0 Å². The van der Waals surface area contributed by atoms with Crippen molar-refractivity contribution in [3.8, 4) is 0 Å². The molecule has 5 aliphatic rings. The van der Waals surface area contributed by atoms with Crippen LogP contribution in [0.25, 0.3) is 0 Å². The summed E-state index contributed by atoms with van der Waals surface area (Å²) >= 11 is 0. The predicted molar refractivity (Wildman–Crippen MR) is 93.1 cm³/mol. The molecule has 134 valence electrons. The summed E-state index contributed by atoms with van der Waals surface area (Å²) in [6, 6.07) is -0.406. The van der Waals surface area contributed by atoms with Crippen molar-refractivity contribution in [2.45, 2.75) is 83.5 Å². The summed E-state index contributed by atoms with van der Waals surface area (Å²) in [4.78, 5) is 14.5. The molecule has 5 unspecified atom stereocenters. The lowest BCUT2D eigenvalue weighted by atomic mass is 9.45. The van der Waals surface area contributed by atoms with Crippen LogP contribution < -0.4 is 5.73 Å². The molecule has 2 N–H and O–H groups in total. The van der Waals surface area contributed by atoms with Gasteiger partial charge in [0.2, 0.25) is 5.91 Å². The van der Waals surface area contributed by atoms with Crippen LogP contribution in [0.1, 0.15) is 59.8 Å². The molecule has 3 aliphatic carbocycles. The molecule has 24 heavy (non-hydrogen) atoms. The third-order valence-corrected chi connectivity index (χ3v) is 7.48. The largest absolute Gasteiger partial charge is 0.481 e. The van der Waals surface area contributed by atoms with Gasteiger partial charge in [0.25, 0.3) is 0 Å². The van der Waals surface area contributed by atoms with Crippen molar-refractivity contribution in [2.24, 2.45) is 23.0 Å². The van der Waals surface area contributed by atoms with E-state index in [1.807, 2.05) is 11.8 Å². The van der Waals surface area contributed by atoms with E-state index in [0.29, 0.717) is 17.8 Å². The van der Waals surface area contributed by atoms with E-state index >= 15 is 0 Å². The van der Waals surface area contributed by atoms with E-state index in [4.69, 9.17) is 15.0 Å². The zero-order chi connectivity index (χ0) is 17.3. The topological polar surface area (TPSA) is 64.8 Å². The Balaban J connectivity index is 1.51. The lowest BCUT2D eigenvalue weighted by Crippen LogP contribution is -2.63. The first-order chi connectivity index (χ1) is 11.3. The minimum Gasteiger partial charge on any atom is -0.404 e. The molecule has 6 heteroatoms. The van der Waals surface area contributed by atoms with E-state index in [-0.39, 0.29) is 30.7 Å². The molecule has 2 heterocycles. The summed E-state index contributed by atoms with van der Waals surface area (Å²) < 4.78 is 12.9. The van der Waals surface area contributed by atoms with E-state index in [1.54, 1.807) is 0 Å². The van der Waals surface area contributed by atoms with Gasteiger partial charge in [-0.05, 0) is 56.3 Å². The normalized spacial score (nSPS) is 44.2. The van der Waals surface area contributed by atoms with Gasteiger partial charge in [-0.2, -0.15) is 0 Å². The van der Waals surface area contributed by atoms with Gasteiger partial charge in [-0.25, -0.2) is 0 Å². The summed E-state index contributed by atoms with van der Waals surface area (Å²) in [5, 5.41) is 0. The maximum absolute atomic E-state index is 12.6. The molecule has 0 spiro atoms. The number of nitrogens with two attached hydrogens (primary N) is 1. The van der Waals surface area contributed by atoms with Crippen LogP contribution in [0.4, 0.5) is 0 Å². The molecule has 6 atom stereocenters. The van der Waals surface area contributed by atoms with E-state index < -0.39 is 6.04 Å². The van der Waals surface area contributed by atoms with Gasteiger partial charge in [0.05, 0.1) is 23.7 Å². The highest BCUT2D eigenvalue weighted by atomic mass is 16.7. The number of carbonyl (C=O) groups is 1. The van der Waals surface area contributed by atoms with Crippen molar-refractivity contribution in [2.75, 3.05) is 6.54 Å². The second-order valence-corrected chi connectivity index (χ2v) is 9.18. The number of rotatable bonds is 3. The van der Waals surface area contributed by atoms with Gasteiger partial charge in [-0.1, -0.05) is 20.8 Å². The van der Waals surface area contributed by atoms with E-state index in [0.717, 1.165) is 31.7 Å². The summed E-state index contributed by atoms with van der Waals surface area (Å²) in [7, 11) is -0.286. The summed E-state index contributed by atoms with van der Waals surface area (Å²) in [5.74, 6) is 1.39. The third-order valence-electron chi connectivity index (χ3n) is 7.48. The Morgan fingerprint density at radius 1 is 1.42 bits per heavy atom. The molecule has 2 aliphatic heterocycles. The van der Waals surface area contributed by atoms with Gasteiger partial charge in [0.1, 0.15) is 0 Å². The molecule has 2 bridgehead atoms. The fourth-order valence-electron chi connectivity index (χ4n) is 5.64. The van der Waals surface area contributed by atoms with E-state index in [1.165, 1.54) is 6.42 Å². The minimum atomic E-state index is -0.406. The first-order valence-corrected chi connectivity index (χ1v) is 9.67. The number of amides is 1. The van der Waals surface area contributed by atoms with Gasteiger partial charge in [0, 0.05) is 6.54 Å². The molecular weight excluding hydrogens is 303 g/mol. The van der Waals surface area contributed by atoms with Crippen LogP contribution in [0, 0.1) is 17.3 Å². The SMILES string of the molecule is CCC(N)C(=O)N1CCCC1B1OC2C3CC(C[C@]2(C)O1)C3(C)C. The molecular formula is C18H31BN2O3. The highest BCUT2D eigenvalue weighted by Crippen LogP contribution is 2.64. The van der Waals surface area contributed by atoms with E-state index in [2.05, 4.69) is 20.8 Å². The van der Waals surface area contributed by atoms with Crippen molar-refractivity contribution in [3.63, 3.8) is 0 Å². The number of carbonyl (C=O) groups excluding carboxylic acids is 1. The van der Waals surface area contributed by atoms with Crippen LogP contribution in [0.5, 0.6) is 0 Å². The second-order valence-electron chi connectivity index (χ2n) is 9.18. The fourth-order valence-corrected chi connectivity index (χ4v) is 5.64. The first kappa shape index (κ1) is 16.9. The Morgan fingerprint density at radius 3 is 2.83 bits per heavy atom. The Morgan fingerprint density at radius 2 is 2.17 bits per heavy atom. The molecule has 2 saturated heterocycles. The molecule has 0 radical (unpaired) electrons. The Bertz CT molecular complexity index is 542. The lowest BCUT2D eigenvalue weighted by Gasteiger charge is -2.63. The maximum atomic E-state index is 12.6. The molecule has 5 nitrogen and oxygen atoms in total. The standard InChI is InChI=1S/C18H31BN2O3/c1-5-13(20)16(22)21-8-6-7-14(21)19-23-15-12-9-11(17(12,2)3)10-18(15,4)24-19/h11-15H,5-10,20H2,1-4H3/t11?,12?,13?,14?,15?,18-/m0/s1. The van der Waals surface area contributed by atoms with Crippen molar-refractivity contribution >= 4 is 13.0 Å². The number of hydrogen-bond donors (Lipinski definition) is 1. The van der Waals surface area contributed by atoms with Crippen LogP contribution in [0.15, 0.2) is 0 Å². The minimum absolute atomic E-state index is 0.0258. The predicted octanol–water partition coefficient (Wildman–Crippen LogP) is 1.98. The molecule has 5 rings (SSSR count). The average Bonchev–Trinajstić information content (AvgIpc) is 3.15. The second kappa shape index (κ2) is 5.45. The van der Waals surface area contributed by atoms with Gasteiger partial charge in [-0.15, -0.1) is 0 Å². The first-order valence-electron chi connectivity index (χ1n) is 9.67. The van der Waals surface area contributed by atoms with Gasteiger partial charge in [-0.3, -0.25) is 4.79 Å². The van der Waals surface area contributed by atoms with Crippen molar-refractivity contribution in [1.82, 2.24) is 4.90 Å². The average molecular weight is 334 g/mol. The van der Waals surface area contributed by atoms with Crippen LogP contribution in [0.2, 0.25) is 0 Å². The number of hydrogen-bond acceptors (Lipinski definition) is 4.